The monoisotopic (exact) mass is 544 g/mol. The molecule has 0 aliphatic rings. The first-order chi connectivity index (χ1) is 17.2. The van der Waals surface area contributed by atoms with Gasteiger partial charge in [0.1, 0.15) is 5.82 Å². The highest BCUT2D eigenvalue weighted by molar-refractivity contribution is 7.14. The summed E-state index contributed by atoms with van der Waals surface area (Å²) in [6, 6.07) is 7.74. The zero-order valence-corrected chi connectivity index (χ0v) is 22.0. The largest absolute Gasteiger partial charge is 0.478 e. The fraction of sp³-hybridized carbons (Fsp3) is 0.222. The number of nitrogens with zero attached hydrogens (tertiary/aromatic N) is 1. The molecule has 9 heteroatoms. The van der Waals surface area contributed by atoms with E-state index in [0.717, 1.165) is 37.0 Å². The number of aliphatic carboxylic acids is 1. The summed E-state index contributed by atoms with van der Waals surface area (Å²) in [6.07, 6.45) is 5.23. The molecule has 5 nitrogen and oxygen atoms in total. The maximum Gasteiger partial charge on any atom is 0.331 e. The number of carboxylic acid groups (broad SMARTS) is 1. The molecule has 36 heavy (non-hydrogen) atoms. The molecule has 3 aromatic rings. The van der Waals surface area contributed by atoms with Gasteiger partial charge in [-0.05, 0) is 43.7 Å². The Balaban J connectivity index is 1.77. The minimum Gasteiger partial charge on any atom is -0.478 e. The lowest BCUT2D eigenvalue weighted by atomic mass is 10.1. The number of amides is 1. The van der Waals surface area contributed by atoms with Gasteiger partial charge in [0.25, 0.3) is 5.91 Å². The van der Waals surface area contributed by atoms with Crippen LogP contribution in [0.2, 0.25) is 10.0 Å². The number of carbonyl (C=O) groups excluding carboxylic acids is 1. The van der Waals surface area contributed by atoms with Crippen molar-refractivity contribution in [2.24, 2.45) is 0 Å². The molecule has 0 aliphatic heterocycles. The van der Waals surface area contributed by atoms with Crippen molar-refractivity contribution in [3.05, 3.63) is 73.8 Å². The van der Waals surface area contributed by atoms with Gasteiger partial charge in [0.15, 0.2) is 5.13 Å². The number of nitrogens with one attached hydrogen (secondary N) is 1. The maximum atomic E-state index is 15.0. The SMILES string of the molecule is CCCCCC#Cc1cccc(-c2csc(NC(=O)c3cc(Cl)c(C=C(C)C(=O)O)c(Cl)c3)n2)c1F. The van der Waals surface area contributed by atoms with E-state index in [1.54, 1.807) is 23.6 Å². The van der Waals surface area contributed by atoms with E-state index >= 15 is 4.39 Å². The Labute approximate surface area is 223 Å². The van der Waals surface area contributed by atoms with Crippen molar-refractivity contribution >= 4 is 57.6 Å². The van der Waals surface area contributed by atoms with Gasteiger partial charge >= 0.3 is 5.97 Å². The Bertz CT molecular complexity index is 1370. The van der Waals surface area contributed by atoms with Gasteiger partial charge in [-0.2, -0.15) is 0 Å². The lowest BCUT2D eigenvalue weighted by Gasteiger charge is -2.08. The van der Waals surface area contributed by atoms with Crippen LogP contribution in [0.25, 0.3) is 17.3 Å². The van der Waals surface area contributed by atoms with E-state index in [1.165, 1.54) is 25.1 Å². The molecule has 186 valence electrons. The Hall–Kier alpha value is -3.18. The van der Waals surface area contributed by atoms with Crippen molar-refractivity contribution in [1.82, 2.24) is 4.98 Å². The average molecular weight is 545 g/mol. The topological polar surface area (TPSA) is 79.3 Å². The number of aromatic nitrogens is 1. The highest BCUT2D eigenvalue weighted by Gasteiger charge is 2.16. The first kappa shape index (κ1) is 27.4. The summed E-state index contributed by atoms with van der Waals surface area (Å²) >= 11 is 13.6. The zero-order valence-electron chi connectivity index (χ0n) is 19.6. The zero-order chi connectivity index (χ0) is 26.2. The number of hydrogen-bond donors (Lipinski definition) is 2. The van der Waals surface area contributed by atoms with Crippen LogP contribution < -0.4 is 5.32 Å². The molecule has 1 amide bonds. The molecule has 0 bridgehead atoms. The summed E-state index contributed by atoms with van der Waals surface area (Å²) in [5, 5.41) is 13.9. The van der Waals surface area contributed by atoms with E-state index in [9.17, 15) is 9.59 Å². The van der Waals surface area contributed by atoms with Crippen molar-refractivity contribution in [1.29, 1.82) is 0 Å². The number of halogens is 3. The van der Waals surface area contributed by atoms with Crippen LogP contribution in [0.4, 0.5) is 9.52 Å². The first-order valence-corrected chi connectivity index (χ1v) is 12.8. The normalized spacial score (nSPS) is 11.1. The molecule has 0 radical (unpaired) electrons. The number of anilines is 1. The molecule has 3 rings (SSSR count). The molecule has 2 aromatic carbocycles. The highest BCUT2D eigenvalue weighted by atomic mass is 35.5. The number of thiazole rings is 1. The molecule has 0 fully saturated rings. The molecule has 0 atom stereocenters. The summed E-state index contributed by atoms with van der Waals surface area (Å²) in [7, 11) is 0. The van der Waals surface area contributed by atoms with Gasteiger partial charge in [0.05, 0.1) is 21.3 Å². The Morgan fingerprint density at radius 1 is 1.22 bits per heavy atom. The average Bonchev–Trinajstić information content (AvgIpc) is 3.29. The third-order valence-corrected chi connectivity index (χ3v) is 6.55. The maximum absolute atomic E-state index is 15.0. The van der Waals surface area contributed by atoms with Gasteiger partial charge in [-0.15, -0.1) is 11.3 Å². The van der Waals surface area contributed by atoms with Crippen molar-refractivity contribution in [3.63, 3.8) is 0 Å². The van der Waals surface area contributed by atoms with E-state index in [0.29, 0.717) is 22.4 Å². The summed E-state index contributed by atoms with van der Waals surface area (Å²) in [6.45, 7) is 3.53. The van der Waals surface area contributed by atoms with Crippen LogP contribution in [0.3, 0.4) is 0 Å². The van der Waals surface area contributed by atoms with Crippen molar-refractivity contribution in [3.8, 4) is 23.1 Å². The fourth-order valence-corrected chi connectivity index (χ4v) is 4.50. The summed E-state index contributed by atoms with van der Waals surface area (Å²) in [5.74, 6) is 3.83. The molecule has 0 saturated carbocycles. The second-order valence-electron chi connectivity index (χ2n) is 7.90. The van der Waals surface area contributed by atoms with E-state index in [1.807, 2.05) is 0 Å². The van der Waals surface area contributed by atoms with Crippen LogP contribution >= 0.6 is 34.5 Å². The van der Waals surface area contributed by atoms with Crippen LogP contribution in [0.15, 0.2) is 41.3 Å². The molecule has 0 saturated heterocycles. The molecule has 1 aromatic heterocycles. The highest BCUT2D eigenvalue weighted by Crippen LogP contribution is 2.31. The number of rotatable bonds is 8. The van der Waals surface area contributed by atoms with Crippen LogP contribution in [0, 0.1) is 17.7 Å². The lowest BCUT2D eigenvalue weighted by molar-refractivity contribution is -0.132. The third kappa shape index (κ3) is 6.94. The first-order valence-electron chi connectivity index (χ1n) is 11.2. The molecule has 0 spiro atoms. The van der Waals surface area contributed by atoms with Gasteiger partial charge in [0, 0.05) is 34.1 Å². The standard InChI is InChI=1S/C27H23Cl2FN2O3S/c1-3-4-5-6-7-9-17-10-8-11-19(24(17)30)23-15-36-27(31-23)32-25(33)18-13-21(28)20(22(29)14-18)12-16(2)26(34)35/h8,10-15H,3-6H2,1-2H3,(H,34,35)(H,31,32,33). The Morgan fingerprint density at radius 2 is 1.94 bits per heavy atom. The molecule has 2 N–H and O–H groups in total. The molecule has 0 aliphatic carbocycles. The van der Waals surface area contributed by atoms with E-state index in [4.69, 9.17) is 28.3 Å². The quantitative estimate of drug-likeness (QED) is 0.171. The molecular weight excluding hydrogens is 522 g/mol. The lowest BCUT2D eigenvalue weighted by Crippen LogP contribution is -2.12. The van der Waals surface area contributed by atoms with E-state index in [2.05, 4.69) is 29.1 Å². The smallest absolute Gasteiger partial charge is 0.331 e. The van der Waals surface area contributed by atoms with Crippen molar-refractivity contribution < 1.29 is 19.1 Å². The van der Waals surface area contributed by atoms with Gasteiger partial charge < -0.3 is 5.11 Å². The predicted octanol–water partition coefficient (Wildman–Crippen LogP) is 7.93. The molecular formula is C27H23Cl2FN2O3S. The van der Waals surface area contributed by atoms with Gasteiger partial charge in [-0.25, -0.2) is 14.2 Å². The van der Waals surface area contributed by atoms with Gasteiger partial charge in [0.2, 0.25) is 0 Å². The van der Waals surface area contributed by atoms with Crippen LogP contribution in [0.5, 0.6) is 0 Å². The number of unbranched alkanes of at least 4 members (excludes halogenated alkanes) is 3. The summed E-state index contributed by atoms with van der Waals surface area (Å²) in [4.78, 5) is 28.2. The predicted molar refractivity (Wildman–Crippen MR) is 144 cm³/mol. The summed E-state index contributed by atoms with van der Waals surface area (Å²) in [5.41, 5.74) is 1.49. The number of hydrogen-bond acceptors (Lipinski definition) is 4. The molecule has 0 unspecified atom stereocenters. The number of carbonyl (C=O) groups is 2. The van der Waals surface area contributed by atoms with Crippen LogP contribution in [-0.4, -0.2) is 22.0 Å². The Morgan fingerprint density at radius 3 is 2.61 bits per heavy atom. The third-order valence-electron chi connectivity index (χ3n) is 5.17. The minimum atomic E-state index is -1.11. The number of benzene rings is 2. The molecule has 1 heterocycles. The fourth-order valence-electron chi connectivity index (χ4n) is 3.20. The van der Waals surface area contributed by atoms with Gasteiger partial charge in [-0.1, -0.05) is 60.9 Å². The van der Waals surface area contributed by atoms with E-state index in [-0.39, 0.29) is 26.3 Å². The summed E-state index contributed by atoms with van der Waals surface area (Å²) < 4.78 is 15.0. The van der Waals surface area contributed by atoms with Crippen LogP contribution in [-0.2, 0) is 4.79 Å². The minimum absolute atomic E-state index is 0.0464. The second kappa shape index (κ2) is 12.7. The Kier molecular flexibility index (Phi) is 9.65. The van der Waals surface area contributed by atoms with Crippen molar-refractivity contribution in [2.75, 3.05) is 5.32 Å². The second-order valence-corrected chi connectivity index (χ2v) is 9.58. The van der Waals surface area contributed by atoms with Gasteiger partial charge in [-0.3, -0.25) is 10.1 Å². The van der Waals surface area contributed by atoms with Crippen LogP contribution in [0.1, 0.15) is 61.0 Å². The number of carboxylic acids is 1. The van der Waals surface area contributed by atoms with Crippen molar-refractivity contribution in [2.45, 2.75) is 39.5 Å². The van der Waals surface area contributed by atoms with E-state index < -0.39 is 17.7 Å².